The van der Waals surface area contributed by atoms with Gasteiger partial charge in [0.2, 0.25) is 0 Å². The summed E-state index contributed by atoms with van der Waals surface area (Å²) in [5.74, 6) is -0.253. The predicted molar refractivity (Wildman–Crippen MR) is 90.2 cm³/mol. The van der Waals surface area contributed by atoms with E-state index in [-0.39, 0.29) is 11.4 Å². The maximum absolute atomic E-state index is 13.8. The molecule has 0 aliphatic carbocycles. The molecule has 0 aliphatic heterocycles. The zero-order valence-electron chi connectivity index (χ0n) is 13.2. The van der Waals surface area contributed by atoms with E-state index in [0.29, 0.717) is 17.2 Å². The number of anilines is 1. The van der Waals surface area contributed by atoms with Crippen LogP contribution in [-0.2, 0) is 0 Å². The van der Waals surface area contributed by atoms with Gasteiger partial charge in [0.1, 0.15) is 17.0 Å². The van der Waals surface area contributed by atoms with E-state index < -0.39 is 11.7 Å². The van der Waals surface area contributed by atoms with Crippen LogP contribution in [0.25, 0.3) is 16.8 Å². The van der Waals surface area contributed by atoms with Crippen molar-refractivity contribution in [3.8, 4) is 5.69 Å². The summed E-state index contributed by atoms with van der Waals surface area (Å²) >= 11 is 0. The summed E-state index contributed by atoms with van der Waals surface area (Å²) in [6, 6.07) is 12.9. The summed E-state index contributed by atoms with van der Waals surface area (Å²) in [5.41, 5.74) is 2.33. The third-order valence-electron chi connectivity index (χ3n) is 3.67. The zero-order valence-corrected chi connectivity index (χ0v) is 13.2. The van der Waals surface area contributed by atoms with Gasteiger partial charge in [-0.3, -0.25) is 4.79 Å². The van der Waals surface area contributed by atoms with Crippen molar-refractivity contribution < 1.29 is 13.6 Å². The molecule has 4 rings (SSSR count). The summed E-state index contributed by atoms with van der Waals surface area (Å²) in [6.45, 7) is 1.76. The van der Waals surface area contributed by atoms with Gasteiger partial charge in [0.25, 0.3) is 5.91 Å². The number of carbonyl (C=O) groups is 1. The first-order valence-corrected chi connectivity index (χ1v) is 7.59. The molecule has 6 nitrogen and oxygen atoms in total. The van der Waals surface area contributed by atoms with Gasteiger partial charge in [0.15, 0.2) is 17.2 Å². The molecule has 2 aromatic heterocycles. The van der Waals surface area contributed by atoms with Crippen molar-refractivity contribution in [2.45, 2.75) is 6.92 Å². The number of halogens is 1. The lowest BCUT2D eigenvalue weighted by Gasteiger charge is -2.04. The number of rotatable bonds is 3. The third-order valence-corrected chi connectivity index (χ3v) is 3.67. The van der Waals surface area contributed by atoms with E-state index >= 15 is 0 Å². The van der Waals surface area contributed by atoms with E-state index in [1.807, 2.05) is 0 Å². The molecule has 0 saturated carbocycles. The second-order valence-electron chi connectivity index (χ2n) is 5.47. The molecule has 0 spiro atoms. The van der Waals surface area contributed by atoms with Crippen LogP contribution in [0, 0.1) is 12.7 Å². The summed E-state index contributed by atoms with van der Waals surface area (Å²) in [5, 5.41) is 6.88. The minimum atomic E-state index is -0.413. The van der Waals surface area contributed by atoms with Crippen LogP contribution >= 0.6 is 0 Å². The van der Waals surface area contributed by atoms with E-state index in [2.05, 4.69) is 15.4 Å². The van der Waals surface area contributed by atoms with E-state index in [4.69, 9.17) is 4.42 Å². The molecule has 1 amide bonds. The molecule has 0 atom stereocenters. The highest BCUT2D eigenvalue weighted by Crippen LogP contribution is 2.20. The number of aryl methyl sites for hydroxylation is 1. The number of nitrogens with zero attached hydrogens (tertiary/aromatic N) is 3. The number of aromatic nitrogens is 3. The number of para-hydroxylation sites is 1. The van der Waals surface area contributed by atoms with Gasteiger partial charge in [-0.15, -0.1) is 0 Å². The van der Waals surface area contributed by atoms with Crippen molar-refractivity contribution in [1.82, 2.24) is 14.8 Å². The van der Waals surface area contributed by atoms with Gasteiger partial charge in [-0.25, -0.2) is 14.1 Å². The molecule has 2 heterocycles. The summed E-state index contributed by atoms with van der Waals surface area (Å²) in [6.07, 6.45) is 1.54. The monoisotopic (exact) mass is 336 g/mol. The van der Waals surface area contributed by atoms with Crippen molar-refractivity contribution in [2.75, 3.05) is 5.32 Å². The lowest BCUT2D eigenvalue weighted by atomic mass is 10.3. The van der Waals surface area contributed by atoms with Crippen molar-refractivity contribution in [3.63, 3.8) is 0 Å². The van der Waals surface area contributed by atoms with E-state index in [9.17, 15) is 9.18 Å². The maximum atomic E-state index is 13.8. The minimum absolute atomic E-state index is 0.178. The molecule has 2 aromatic carbocycles. The molecule has 0 saturated heterocycles. The fourth-order valence-electron chi connectivity index (χ4n) is 2.53. The number of oxazole rings is 1. The Hall–Kier alpha value is -3.48. The minimum Gasteiger partial charge on any atom is -0.441 e. The van der Waals surface area contributed by atoms with Crippen molar-refractivity contribution in [2.24, 2.45) is 0 Å². The maximum Gasteiger partial charge on any atom is 0.276 e. The average molecular weight is 336 g/mol. The Morgan fingerprint density at radius 3 is 2.88 bits per heavy atom. The summed E-state index contributed by atoms with van der Waals surface area (Å²) < 4.78 is 20.6. The van der Waals surface area contributed by atoms with E-state index in [1.165, 1.54) is 23.0 Å². The predicted octanol–water partition coefficient (Wildman–Crippen LogP) is 3.71. The average Bonchev–Trinajstić information content (AvgIpc) is 3.20. The Labute approximate surface area is 141 Å². The highest BCUT2D eigenvalue weighted by atomic mass is 19.1. The smallest absolute Gasteiger partial charge is 0.276 e. The van der Waals surface area contributed by atoms with Crippen LogP contribution in [0.3, 0.4) is 0 Å². The van der Waals surface area contributed by atoms with Gasteiger partial charge >= 0.3 is 0 Å². The fraction of sp³-hybridized carbons (Fsp3) is 0.0556. The molecule has 0 bridgehead atoms. The van der Waals surface area contributed by atoms with Crippen molar-refractivity contribution in [3.05, 3.63) is 72.1 Å². The largest absolute Gasteiger partial charge is 0.441 e. The number of fused-ring (bicyclic) bond motifs is 1. The number of nitrogens with one attached hydrogen (secondary N) is 1. The molecule has 7 heteroatoms. The van der Waals surface area contributed by atoms with Crippen molar-refractivity contribution >= 4 is 22.7 Å². The Bertz CT molecular complexity index is 1080. The van der Waals surface area contributed by atoms with Crippen LogP contribution < -0.4 is 5.32 Å². The molecular formula is C18H13FN4O2. The summed E-state index contributed by atoms with van der Waals surface area (Å²) in [7, 11) is 0. The highest BCUT2D eigenvalue weighted by molar-refractivity contribution is 6.03. The standard InChI is InChI=1S/C18H13FN4O2/c1-11-20-14-7-6-12(10-17(14)25-11)21-18(24)15-8-9-23(22-15)16-5-3-2-4-13(16)19/h2-10H,1H3,(H,21,24). The lowest BCUT2D eigenvalue weighted by molar-refractivity contribution is 0.102. The Kier molecular flexibility index (Phi) is 3.53. The number of amides is 1. The van der Waals surface area contributed by atoms with Gasteiger partial charge < -0.3 is 9.73 Å². The van der Waals surface area contributed by atoms with Gasteiger partial charge in [0.05, 0.1) is 0 Å². The SMILES string of the molecule is Cc1nc2ccc(NC(=O)c3ccn(-c4ccccc4F)n3)cc2o1. The van der Waals surface area contributed by atoms with Crippen molar-refractivity contribution in [1.29, 1.82) is 0 Å². The highest BCUT2D eigenvalue weighted by Gasteiger charge is 2.13. The Morgan fingerprint density at radius 1 is 1.20 bits per heavy atom. The molecule has 0 unspecified atom stereocenters. The number of carbonyl (C=O) groups excluding carboxylic acids is 1. The second kappa shape index (κ2) is 5.86. The van der Waals surface area contributed by atoms with E-state index in [0.717, 1.165) is 5.52 Å². The molecule has 0 aliphatic rings. The zero-order chi connectivity index (χ0) is 17.4. The van der Waals surface area contributed by atoms with Crippen LogP contribution in [0.15, 0.2) is 59.1 Å². The molecular weight excluding hydrogens is 323 g/mol. The normalized spacial score (nSPS) is 11.0. The number of hydrogen-bond donors (Lipinski definition) is 1. The Morgan fingerprint density at radius 2 is 2.04 bits per heavy atom. The molecule has 25 heavy (non-hydrogen) atoms. The fourth-order valence-corrected chi connectivity index (χ4v) is 2.53. The molecule has 0 radical (unpaired) electrons. The number of benzene rings is 2. The molecule has 1 N–H and O–H groups in total. The first kappa shape index (κ1) is 15.1. The number of hydrogen-bond acceptors (Lipinski definition) is 4. The van der Waals surface area contributed by atoms with Gasteiger partial charge in [-0.2, -0.15) is 5.10 Å². The van der Waals surface area contributed by atoms with Gasteiger partial charge in [0, 0.05) is 24.9 Å². The topological polar surface area (TPSA) is 73.0 Å². The van der Waals surface area contributed by atoms with Crippen LogP contribution in [0.2, 0.25) is 0 Å². The first-order valence-electron chi connectivity index (χ1n) is 7.59. The van der Waals surface area contributed by atoms with Crippen LogP contribution in [0.5, 0.6) is 0 Å². The quantitative estimate of drug-likeness (QED) is 0.619. The summed E-state index contributed by atoms with van der Waals surface area (Å²) in [4.78, 5) is 16.6. The first-order chi connectivity index (χ1) is 12.1. The Balaban J connectivity index is 1.57. The van der Waals surface area contributed by atoms with Crippen LogP contribution in [-0.4, -0.2) is 20.7 Å². The molecule has 0 fully saturated rings. The lowest BCUT2D eigenvalue weighted by Crippen LogP contribution is -2.13. The second-order valence-corrected chi connectivity index (χ2v) is 5.47. The van der Waals surface area contributed by atoms with Crippen LogP contribution in [0.1, 0.15) is 16.4 Å². The van der Waals surface area contributed by atoms with Crippen LogP contribution in [0.4, 0.5) is 10.1 Å². The molecule has 4 aromatic rings. The molecule has 124 valence electrons. The van der Waals surface area contributed by atoms with Gasteiger partial charge in [-0.05, 0) is 30.3 Å². The third kappa shape index (κ3) is 2.87. The van der Waals surface area contributed by atoms with Gasteiger partial charge in [-0.1, -0.05) is 12.1 Å². The van der Waals surface area contributed by atoms with E-state index in [1.54, 1.807) is 43.3 Å².